The molecule has 0 aliphatic rings. The van der Waals surface area contributed by atoms with E-state index in [4.69, 9.17) is 9.94 Å². The Hall–Kier alpha value is -1.92. The first-order chi connectivity index (χ1) is 12.7. The van der Waals surface area contributed by atoms with E-state index in [0.29, 0.717) is 6.61 Å². The van der Waals surface area contributed by atoms with Gasteiger partial charge in [-0.05, 0) is 43.9 Å². The van der Waals surface area contributed by atoms with E-state index in [2.05, 4.69) is 28.9 Å². The molecule has 26 heavy (non-hydrogen) atoms. The van der Waals surface area contributed by atoms with E-state index in [1.165, 1.54) is 31.2 Å². The van der Waals surface area contributed by atoms with Gasteiger partial charge >= 0.3 is 0 Å². The van der Waals surface area contributed by atoms with Gasteiger partial charge in [0.05, 0.1) is 12.3 Å². The monoisotopic (exact) mass is 360 g/mol. The van der Waals surface area contributed by atoms with Crippen LogP contribution in [-0.4, -0.2) is 32.8 Å². The summed E-state index contributed by atoms with van der Waals surface area (Å²) in [5, 5.41) is 17.3. The Morgan fingerprint density at radius 2 is 1.96 bits per heavy atom. The molecule has 0 aliphatic carbocycles. The number of hydroxylamine groups is 1. The van der Waals surface area contributed by atoms with Crippen LogP contribution in [0.15, 0.2) is 30.5 Å². The number of aryl methyl sites for hydroxylation is 2. The summed E-state index contributed by atoms with van der Waals surface area (Å²) < 4.78 is 7.69. The van der Waals surface area contributed by atoms with E-state index in [9.17, 15) is 0 Å². The molecule has 1 aromatic heterocycles. The van der Waals surface area contributed by atoms with Crippen LogP contribution in [-0.2, 0) is 19.4 Å². The Morgan fingerprint density at radius 3 is 2.69 bits per heavy atom. The molecule has 1 heterocycles. The van der Waals surface area contributed by atoms with Crippen LogP contribution < -0.4 is 10.2 Å². The molecule has 1 aromatic carbocycles. The minimum Gasteiger partial charge on any atom is -0.494 e. The fraction of sp³-hybridized carbons (Fsp3) is 0.600. The van der Waals surface area contributed by atoms with E-state index in [-0.39, 0.29) is 6.04 Å². The van der Waals surface area contributed by atoms with E-state index in [1.807, 2.05) is 35.9 Å². The van der Waals surface area contributed by atoms with Crippen molar-refractivity contribution in [2.75, 3.05) is 6.61 Å². The zero-order chi connectivity index (χ0) is 18.6. The molecule has 0 saturated carbocycles. The van der Waals surface area contributed by atoms with Crippen LogP contribution in [0.1, 0.15) is 57.2 Å². The number of nitrogens with zero attached hydrogens (tertiary/aromatic N) is 3. The highest BCUT2D eigenvalue weighted by atomic mass is 16.5. The molecule has 2 N–H and O–H groups in total. The van der Waals surface area contributed by atoms with Gasteiger partial charge < -0.3 is 9.94 Å². The Morgan fingerprint density at radius 1 is 1.15 bits per heavy atom. The standard InChI is InChI=1S/C20H32N4O2/c1-3-4-5-6-8-19-16-24(23-21-19)13-7-14-26-20-11-9-18(10-12-20)15-17(2)22-25/h9-12,16-17,22,25H,3-8,13-15H2,1-2H3/t17-/m1/s1. The van der Waals surface area contributed by atoms with Crippen LogP contribution >= 0.6 is 0 Å². The first-order valence-electron chi connectivity index (χ1n) is 9.71. The van der Waals surface area contributed by atoms with Crippen molar-refractivity contribution < 1.29 is 9.94 Å². The van der Waals surface area contributed by atoms with Crippen LogP contribution in [0.3, 0.4) is 0 Å². The van der Waals surface area contributed by atoms with E-state index >= 15 is 0 Å². The topological polar surface area (TPSA) is 72.2 Å². The maximum atomic E-state index is 8.87. The van der Waals surface area contributed by atoms with Gasteiger partial charge in [-0.25, -0.2) is 5.48 Å². The van der Waals surface area contributed by atoms with Gasteiger partial charge in [0.15, 0.2) is 0 Å². The molecule has 0 bridgehead atoms. The Labute approximate surface area is 156 Å². The predicted octanol–water partition coefficient (Wildman–Crippen LogP) is 3.78. The molecular formula is C20H32N4O2. The number of nitrogens with one attached hydrogen (secondary N) is 1. The quantitative estimate of drug-likeness (QED) is 0.420. The molecule has 0 saturated heterocycles. The second-order valence-corrected chi connectivity index (χ2v) is 6.86. The number of hydrogen-bond acceptors (Lipinski definition) is 5. The molecule has 0 amide bonds. The minimum atomic E-state index is 0.0426. The van der Waals surface area contributed by atoms with Gasteiger partial charge in [0.25, 0.3) is 0 Å². The Kier molecular flexibility index (Phi) is 9.14. The molecule has 0 spiro atoms. The molecule has 0 unspecified atom stereocenters. The average Bonchev–Trinajstić information content (AvgIpc) is 3.11. The number of rotatable bonds is 13. The summed E-state index contributed by atoms with van der Waals surface area (Å²) in [6, 6.07) is 8.06. The third-order valence-corrected chi connectivity index (χ3v) is 4.36. The third-order valence-electron chi connectivity index (χ3n) is 4.36. The van der Waals surface area contributed by atoms with Crippen molar-refractivity contribution >= 4 is 0 Å². The minimum absolute atomic E-state index is 0.0426. The smallest absolute Gasteiger partial charge is 0.119 e. The van der Waals surface area contributed by atoms with Crippen LogP contribution in [0.5, 0.6) is 5.75 Å². The maximum absolute atomic E-state index is 8.87. The van der Waals surface area contributed by atoms with Crippen LogP contribution in [0.2, 0.25) is 0 Å². The van der Waals surface area contributed by atoms with Crippen molar-refractivity contribution in [3.8, 4) is 5.75 Å². The summed E-state index contributed by atoms with van der Waals surface area (Å²) in [5.74, 6) is 0.869. The lowest BCUT2D eigenvalue weighted by molar-refractivity contribution is 0.133. The molecule has 1 atom stereocenters. The molecule has 2 rings (SSSR count). The zero-order valence-electron chi connectivity index (χ0n) is 16.0. The lowest BCUT2D eigenvalue weighted by atomic mass is 10.1. The second-order valence-electron chi connectivity index (χ2n) is 6.86. The maximum Gasteiger partial charge on any atom is 0.119 e. The SMILES string of the molecule is CCCCCCc1cn(CCCOc2ccc(C[C@@H](C)NO)cc2)nn1. The number of unbranched alkanes of at least 4 members (excludes halogenated alkanes) is 3. The van der Waals surface area contributed by atoms with Crippen molar-refractivity contribution in [1.82, 2.24) is 20.5 Å². The van der Waals surface area contributed by atoms with Crippen LogP contribution in [0.25, 0.3) is 0 Å². The van der Waals surface area contributed by atoms with E-state index in [1.54, 1.807) is 0 Å². The largest absolute Gasteiger partial charge is 0.494 e. The van der Waals surface area contributed by atoms with Gasteiger partial charge in [-0.2, -0.15) is 0 Å². The van der Waals surface area contributed by atoms with E-state index < -0.39 is 0 Å². The fourth-order valence-electron chi connectivity index (χ4n) is 2.83. The first-order valence-corrected chi connectivity index (χ1v) is 9.71. The van der Waals surface area contributed by atoms with Crippen molar-refractivity contribution in [2.24, 2.45) is 0 Å². The molecule has 0 radical (unpaired) electrons. The van der Waals surface area contributed by atoms with Gasteiger partial charge in [0.1, 0.15) is 5.75 Å². The molecule has 6 heteroatoms. The molecule has 2 aromatic rings. The highest BCUT2D eigenvalue weighted by Gasteiger charge is 2.03. The number of benzene rings is 1. The van der Waals surface area contributed by atoms with Crippen molar-refractivity contribution in [2.45, 2.75) is 71.4 Å². The summed E-state index contributed by atoms with van der Waals surface area (Å²) in [4.78, 5) is 0. The van der Waals surface area contributed by atoms with E-state index in [0.717, 1.165) is 37.3 Å². The Balaban J connectivity index is 1.63. The van der Waals surface area contributed by atoms with Gasteiger partial charge in [-0.1, -0.05) is 43.5 Å². The molecule has 0 fully saturated rings. The van der Waals surface area contributed by atoms with Crippen LogP contribution in [0, 0.1) is 0 Å². The number of ether oxygens (including phenoxy) is 1. The summed E-state index contributed by atoms with van der Waals surface area (Å²) >= 11 is 0. The van der Waals surface area contributed by atoms with Crippen LogP contribution in [0.4, 0.5) is 0 Å². The fourth-order valence-corrected chi connectivity index (χ4v) is 2.83. The normalized spacial score (nSPS) is 12.3. The molecule has 144 valence electrons. The van der Waals surface area contributed by atoms with Crippen molar-refractivity contribution in [3.63, 3.8) is 0 Å². The summed E-state index contributed by atoms with van der Waals surface area (Å²) in [7, 11) is 0. The second kappa shape index (κ2) is 11.6. The number of hydrogen-bond donors (Lipinski definition) is 2. The summed E-state index contributed by atoms with van der Waals surface area (Å²) in [6.45, 7) is 5.63. The predicted molar refractivity (Wildman–Crippen MR) is 103 cm³/mol. The number of aromatic nitrogens is 3. The zero-order valence-corrected chi connectivity index (χ0v) is 16.0. The molecule has 0 aliphatic heterocycles. The summed E-state index contributed by atoms with van der Waals surface area (Å²) in [5.41, 5.74) is 4.51. The third kappa shape index (κ3) is 7.54. The Bertz CT molecular complexity index is 613. The van der Waals surface area contributed by atoms with Gasteiger partial charge in [0, 0.05) is 25.2 Å². The lowest BCUT2D eigenvalue weighted by Gasteiger charge is -2.10. The lowest BCUT2D eigenvalue weighted by Crippen LogP contribution is -2.24. The highest BCUT2D eigenvalue weighted by Crippen LogP contribution is 2.14. The van der Waals surface area contributed by atoms with Gasteiger partial charge in [-0.15, -0.1) is 5.10 Å². The first kappa shape index (κ1) is 20.4. The van der Waals surface area contributed by atoms with Crippen molar-refractivity contribution in [3.05, 3.63) is 41.7 Å². The molecule has 6 nitrogen and oxygen atoms in total. The summed E-state index contributed by atoms with van der Waals surface area (Å²) in [6.07, 6.45) is 9.77. The average molecular weight is 361 g/mol. The highest BCUT2D eigenvalue weighted by molar-refractivity contribution is 5.27. The molecular weight excluding hydrogens is 328 g/mol. The van der Waals surface area contributed by atoms with Crippen molar-refractivity contribution in [1.29, 1.82) is 0 Å². The van der Waals surface area contributed by atoms with Gasteiger partial charge in [-0.3, -0.25) is 4.68 Å². The van der Waals surface area contributed by atoms with Gasteiger partial charge in [0.2, 0.25) is 0 Å².